The molecule has 6 unspecified atom stereocenters. The number of allylic oxidation sites excluding steroid dienone is 1. The van der Waals surface area contributed by atoms with Gasteiger partial charge in [0, 0.05) is 24.2 Å². The molecule has 1 aromatic rings. The second kappa shape index (κ2) is 7.97. The maximum Gasteiger partial charge on any atom is 0.345 e. The highest BCUT2D eigenvalue weighted by Crippen LogP contribution is 2.64. The number of carbonyl (C=O) groups excluding carboxylic acids is 1. The van der Waals surface area contributed by atoms with Gasteiger partial charge in [0.05, 0.1) is 32.0 Å². The van der Waals surface area contributed by atoms with Crippen molar-refractivity contribution in [2.24, 2.45) is 28.6 Å². The standard InChI is InChI=1S/C27H36O7/c1-13-15-8-10-27(4,16(13)7-9-26(15,2)3)17-12-33-22-14(11-28)18-19(24(30)34-25(18)32-6)23(31-5)20(22)21(17)29/h15-17,21,25,28-29H,1,7-12H2,2-6H3. The van der Waals surface area contributed by atoms with Crippen LogP contribution in [0.2, 0.25) is 0 Å². The Morgan fingerprint density at radius 3 is 2.47 bits per heavy atom. The molecule has 2 heterocycles. The first-order chi connectivity index (χ1) is 16.1. The van der Waals surface area contributed by atoms with Gasteiger partial charge in [-0.05, 0) is 48.3 Å². The number of fused-ring (bicyclic) bond motifs is 4. The number of cyclic esters (lactones) is 1. The van der Waals surface area contributed by atoms with Crippen LogP contribution in [0.1, 0.15) is 85.9 Å². The first-order valence-corrected chi connectivity index (χ1v) is 12.2. The number of aliphatic hydroxyl groups is 2. The quantitative estimate of drug-likeness (QED) is 0.494. The molecule has 0 aromatic heterocycles. The van der Waals surface area contributed by atoms with E-state index >= 15 is 0 Å². The van der Waals surface area contributed by atoms with Crippen LogP contribution in [0.4, 0.5) is 0 Å². The van der Waals surface area contributed by atoms with Crippen molar-refractivity contribution in [1.82, 2.24) is 0 Å². The average Bonchev–Trinajstić information content (AvgIpc) is 3.12. The van der Waals surface area contributed by atoms with Crippen molar-refractivity contribution < 1.29 is 34.0 Å². The Morgan fingerprint density at radius 1 is 1.12 bits per heavy atom. The monoisotopic (exact) mass is 472 g/mol. The summed E-state index contributed by atoms with van der Waals surface area (Å²) in [4.78, 5) is 12.8. The molecule has 2 bridgehead atoms. The zero-order valence-electron chi connectivity index (χ0n) is 20.8. The van der Waals surface area contributed by atoms with Gasteiger partial charge in [0.15, 0.2) is 0 Å². The minimum Gasteiger partial charge on any atom is -0.495 e. The summed E-state index contributed by atoms with van der Waals surface area (Å²) in [5.41, 5.74) is 2.76. The summed E-state index contributed by atoms with van der Waals surface area (Å²) in [6, 6.07) is 0. The molecule has 0 radical (unpaired) electrons. The first kappa shape index (κ1) is 23.6. The fourth-order valence-electron chi connectivity index (χ4n) is 7.48. The molecular weight excluding hydrogens is 436 g/mol. The van der Waals surface area contributed by atoms with Gasteiger partial charge in [-0.15, -0.1) is 0 Å². The van der Waals surface area contributed by atoms with Crippen molar-refractivity contribution in [3.8, 4) is 11.5 Å². The lowest BCUT2D eigenvalue weighted by molar-refractivity contribution is -0.0857. The highest BCUT2D eigenvalue weighted by Gasteiger charge is 2.56. The number of esters is 1. The van der Waals surface area contributed by atoms with Crippen molar-refractivity contribution in [3.63, 3.8) is 0 Å². The van der Waals surface area contributed by atoms with Crippen LogP contribution in [0.5, 0.6) is 11.5 Å². The summed E-state index contributed by atoms with van der Waals surface area (Å²) in [5, 5.41) is 22.1. The van der Waals surface area contributed by atoms with Crippen molar-refractivity contribution in [2.75, 3.05) is 20.8 Å². The molecule has 2 aliphatic heterocycles. The second-order valence-corrected chi connectivity index (χ2v) is 11.3. The number of methoxy groups -OCH3 is 2. The average molecular weight is 473 g/mol. The van der Waals surface area contributed by atoms with Crippen LogP contribution in [0.15, 0.2) is 12.2 Å². The minimum absolute atomic E-state index is 0.193. The molecule has 34 heavy (non-hydrogen) atoms. The van der Waals surface area contributed by atoms with E-state index in [-0.39, 0.29) is 34.7 Å². The summed E-state index contributed by atoms with van der Waals surface area (Å²) in [6.45, 7) is 11.4. The number of hydrogen-bond acceptors (Lipinski definition) is 7. The molecule has 2 fully saturated rings. The highest BCUT2D eigenvalue weighted by atomic mass is 16.7. The summed E-state index contributed by atoms with van der Waals surface area (Å²) in [6.07, 6.45) is 2.31. The van der Waals surface area contributed by atoms with Gasteiger partial charge in [-0.2, -0.15) is 0 Å². The largest absolute Gasteiger partial charge is 0.495 e. The molecular formula is C27H36O7. The van der Waals surface area contributed by atoms with Crippen molar-refractivity contribution in [1.29, 1.82) is 0 Å². The van der Waals surface area contributed by atoms with Gasteiger partial charge in [-0.25, -0.2) is 4.79 Å². The summed E-state index contributed by atoms with van der Waals surface area (Å²) >= 11 is 0. The maximum atomic E-state index is 12.8. The maximum absolute atomic E-state index is 12.8. The number of hydrogen-bond donors (Lipinski definition) is 2. The van der Waals surface area contributed by atoms with Gasteiger partial charge in [0.25, 0.3) is 0 Å². The Bertz CT molecular complexity index is 1040. The van der Waals surface area contributed by atoms with Crippen molar-refractivity contribution >= 4 is 5.97 Å². The fraction of sp³-hybridized carbons (Fsp3) is 0.667. The van der Waals surface area contributed by atoms with E-state index in [2.05, 4.69) is 27.4 Å². The van der Waals surface area contributed by atoms with Gasteiger partial charge in [-0.1, -0.05) is 32.9 Å². The molecule has 4 aliphatic rings. The third-order valence-electron chi connectivity index (χ3n) is 9.43. The Labute approximate surface area is 201 Å². The Kier molecular flexibility index (Phi) is 5.54. The van der Waals surface area contributed by atoms with Crippen LogP contribution in [0.3, 0.4) is 0 Å². The molecule has 2 saturated carbocycles. The van der Waals surface area contributed by atoms with E-state index < -0.39 is 18.4 Å². The molecule has 5 rings (SSSR count). The van der Waals surface area contributed by atoms with Gasteiger partial charge >= 0.3 is 5.97 Å². The number of ether oxygens (including phenoxy) is 4. The lowest BCUT2D eigenvalue weighted by atomic mass is 9.47. The van der Waals surface area contributed by atoms with E-state index in [9.17, 15) is 15.0 Å². The molecule has 7 heteroatoms. The zero-order valence-corrected chi connectivity index (χ0v) is 20.8. The van der Waals surface area contributed by atoms with Crippen molar-refractivity contribution in [2.45, 2.75) is 65.5 Å². The number of aliphatic hydroxyl groups excluding tert-OH is 2. The van der Waals surface area contributed by atoms with Crippen LogP contribution < -0.4 is 9.47 Å². The third-order valence-corrected chi connectivity index (χ3v) is 9.43. The van der Waals surface area contributed by atoms with Crippen LogP contribution in [0, 0.1) is 28.6 Å². The predicted octanol–water partition coefficient (Wildman–Crippen LogP) is 4.45. The number of carbonyl (C=O) groups is 1. The SMILES string of the molecule is C=C1C2CCC(C)(C3COc4c(CO)c5c(c(OC)c4C3O)C(=O)OC5OC)C1CCC2(C)C. The smallest absolute Gasteiger partial charge is 0.345 e. The Hall–Kier alpha value is -2.09. The van der Waals surface area contributed by atoms with Crippen LogP contribution in [-0.2, 0) is 16.1 Å². The predicted molar refractivity (Wildman–Crippen MR) is 125 cm³/mol. The topological polar surface area (TPSA) is 94.5 Å². The van der Waals surface area contributed by atoms with Gasteiger partial charge in [0.2, 0.25) is 6.29 Å². The lowest BCUT2D eigenvalue weighted by Crippen LogP contribution is -2.51. The van der Waals surface area contributed by atoms with E-state index in [4.69, 9.17) is 18.9 Å². The molecule has 186 valence electrons. The van der Waals surface area contributed by atoms with E-state index in [0.717, 1.165) is 25.7 Å². The Balaban J connectivity index is 1.60. The fourth-order valence-corrected chi connectivity index (χ4v) is 7.48. The van der Waals surface area contributed by atoms with E-state index in [0.29, 0.717) is 40.9 Å². The van der Waals surface area contributed by atoms with E-state index in [1.54, 1.807) is 0 Å². The zero-order chi connectivity index (χ0) is 24.6. The van der Waals surface area contributed by atoms with Crippen molar-refractivity contribution in [3.05, 3.63) is 34.4 Å². The number of benzene rings is 1. The summed E-state index contributed by atoms with van der Waals surface area (Å²) < 4.78 is 22.7. The molecule has 6 atom stereocenters. The molecule has 0 amide bonds. The molecule has 1 aromatic carbocycles. The summed E-state index contributed by atoms with van der Waals surface area (Å²) in [5.74, 6) is 0.587. The highest BCUT2D eigenvalue weighted by molar-refractivity contribution is 5.98. The van der Waals surface area contributed by atoms with Crippen LogP contribution in [0.25, 0.3) is 0 Å². The van der Waals surface area contributed by atoms with Crippen LogP contribution in [-0.4, -0.2) is 37.0 Å². The summed E-state index contributed by atoms with van der Waals surface area (Å²) in [7, 11) is 2.90. The third kappa shape index (κ3) is 3.02. The van der Waals surface area contributed by atoms with E-state index in [1.165, 1.54) is 19.8 Å². The molecule has 7 nitrogen and oxygen atoms in total. The molecule has 0 spiro atoms. The number of rotatable bonds is 4. The van der Waals surface area contributed by atoms with Gasteiger partial charge in [0.1, 0.15) is 17.1 Å². The normalized spacial score (nSPS) is 35.8. The van der Waals surface area contributed by atoms with Crippen LogP contribution >= 0.6 is 0 Å². The van der Waals surface area contributed by atoms with Gasteiger partial charge < -0.3 is 29.2 Å². The second-order valence-electron chi connectivity index (χ2n) is 11.3. The molecule has 2 aliphatic carbocycles. The molecule has 0 saturated heterocycles. The Morgan fingerprint density at radius 2 is 1.82 bits per heavy atom. The minimum atomic E-state index is -0.955. The van der Waals surface area contributed by atoms with E-state index in [1.807, 2.05) is 0 Å². The first-order valence-electron chi connectivity index (χ1n) is 12.2. The lowest BCUT2D eigenvalue weighted by Gasteiger charge is -2.58. The van der Waals surface area contributed by atoms with Gasteiger partial charge in [-0.3, -0.25) is 0 Å². The molecule has 2 N–H and O–H groups in total.